The van der Waals surface area contributed by atoms with E-state index in [1.54, 1.807) is 13.8 Å². The van der Waals surface area contributed by atoms with E-state index in [9.17, 15) is 8.42 Å². The minimum Gasteiger partial charge on any atom is -0.409 e. The molecule has 0 radical (unpaired) electrons. The first kappa shape index (κ1) is 16.2. The molecule has 6 nitrogen and oxygen atoms in total. The molecule has 3 N–H and O–H groups in total. The maximum absolute atomic E-state index is 12.3. The van der Waals surface area contributed by atoms with E-state index in [0.29, 0.717) is 4.34 Å². The van der Waals surface area contributed by atoms with E-state index in [2.05, 4.69) is 5.16 Å². The summed E-state index contributed by atoms with van der Waals surface area (Å²) in [6.07, 6.45) is 0.143. The lowest BCUT2D eigenvalue weighted by atomic mass is 10.2. The summed E-state index contributed by atoms with van der Waals surface area (Å²) in [6, 6.07) is 1.11. The Hall–Kier alpha value is -0.830. The molecule has 1 unspecified atom stereocenters. The molecule has 19 heavy (non-hydrogen) atoms. The zero-order valence-electron chi connectivity index (χ0n) is 10.8. The topological polar surface area (TPSA) is 96.0 Å². The van der Waals surface area contributed by atoms with Gasteiger partial charge in [0.1, 0.15) is 10.0 Å². The van der Waals surface area contributed by atoms with Crippen LogP contribution in [0.2, 0.25) is 4.34 Å². The Labute approximate surface area is 121 Å². The number of hydrogen-bond donors (Lipinski definition) is 2. The van der Waals surface area contributed by atoms with Crippen molar-refractivity contribution in [2.75, 3.05) is 7.05 Å². The molecule has 1 aromatic heterocycles. The highest BCUT2D eigenvalue weighted by molar-refractivity contribution is 7.91. The number of nitrogens with zero attached hydrogens (tertiary/aromatic N) is 2. The standard InChI is InChI=1S/C10H16ClN3O3S2/c1-6-4-9(18-10(6)11)19(16,17)14(3)7(2)5-8(12)13-15/h4,7,15H,5H2,1-3H3,(H2,12,13). The molecular formula is C10H16ClN3O3S2. The van der Waals surface area contributed by atoms with Crippen molar-refractivity contribution in [3.8, 4) is 0 Å². The zero-order chi connectivity index (χ0) is 14.8. The van der Waals surface area contributed by atoms with Crippen molar-refractivity contribution in [3.05, 3.63) is 16.0 Å². The molecule has 9 heteroatoms. The van der Waals surface area contributed by atoms with E-state index in [-0.39, 0.29) is 16.5 Å². The predicted octanol–water partition coefficient (Wildman–Crippen LogP) is 1.86. The minimum absolute atomic E-state index is 0.0186. The van der Waals surface area contributed by atoms with Crippen LogP contribution < -0.4 is 5.73 Å². The fourth-order valence-electron chi connectivity index (χ4n) is 1.41. The Morgan fingerprint density at radius 2 is 2.26 bits per heavy atom. The third-order valence-electron chi connectivity index (χ3n) is 2.72. The normalized spacial score (nSPS) is 14.9. The van der Waals surface area contributed by atoms with Gasteiger partial charge in [-0.25, -0.2) is 8.42 Å². The van der Waals surface area contributed by atoms with E-state index in [4.69, 9.17) is 22.5 Å². The zero-order valence-corrected chi connectivity index (χ0v) is 13.2. The van der Waals surface area contributed by atoms with Crippen molar-refractivity contribution in [2.24, 2.45) is 10.9 Å². The second kappa shape index (κ2) is 6.08. The lowest BCUT2D eigenvalue weighted by molar-refractivity contribution is 0.313. The highest BCUT2D eigenvalue weighted by Gasteiger charge is 2.28. The van der Waals surface area contributed by atoms with Crippen molar-refractivity contribution in [2.45, 2.75) is 30.5 Å². The molecule has 1 rings (SSSR count). The van der Waals surface area contributed by atoms with Crippen LogP contribution in [0.15, 0.2) is 15.4 Å². The number of thiophene rings is 1. The van der Waals surface area contributed by atoms with Crippen LogP contribution in [0, 0.1) is 6.92 Å². The van der Waals surface area contributed by atoms with Crippen LogP contribution in [0.4, 0.5) is 0 Å². The van der Waals surface area contributed by atoms with Gasteiger partial charge in [0.2, 0.25) is 0 Å². The smallest absolute Gasteiger partial charge is 0.252 e. The molecule has 0 spiro atoms. The number of oxime groups is 1. The summed E-state index contributed by atoms with van der Waals surface area (Å²) < 4.78 is 26.5. The van der Waals surface area contributed by atoms with Gasteiger partial charge in [0.25, 0.3) is 10.0 Å². The van der Waals surface area contributed by atoms with Crippen LogP contribution in [0.1, 0.15) is 18.9 Å². The molecule has 1 heterocycles. The molecule has 1 atom stereocenters. The van der Waals surface area contributed by atoms with Gasteiger partial charge in [-0.1, -0.05) is 16.8 Å². The third-order valence-corrected chi connectivity index (χ3v) is 6.70. The highest BCUT2D eigenvalue weighted by Crippen LogP contribution is 2.32. The van der Waals surface area contributed by atoms with Gasteiger partial charge in [-0.2, -0.15) is 4.31 Å². The van der Waals surface area contributed by atoms with E-state index >= 15 is 0 Å². The second-order valence-corrected chi connectivity index (χ2v) is 8.07. The first-order valence-electron chi connectivity index (χ1n) is 5.40. The quantitative estimate of drug-likeness (QED) is 0.374. The summed E-state index contributed by atoms with van der Waals surface area (Å²) in [7, 11) is -2.17. The number of rotatable bonds is 5. The van der Waals surface area contributed by atoms with Gasteiger partial charge >= 0.3 is 0 Å². The Balaban J connectivity index is 3.00. The molecule has 0 fully saturated rings. The third kappa shape index (κ3) is 3.59. The van der Waals surface area contributed by atoms with Gasteiger partial charge in [0.15, 0.2) is 0 Å². The van der Waals surface area contributed by atoms with Gasteiger partial charge < -0.3 is 10.9 Å². The van der Waals surface area contributed by atoms with Gasteiger partial charge in [-0.15, -0.1) is 11.3 Å². The fraction of sp³-hybridized carbons (Fsp3) is 0.500. The average molecular weight is 326 g/mol. The van der Waals surface area contributed by atoms with Gasteiger partial charge in [-0.05, 0) is 25.5 Å². The minimum atomic E-state index is -3.62. The van der Waals surface area contributed by atoms with Crippen LogP contribution in [0.3, 0.4) is 0 Å². The average Bonchev–Trinajstić information content (AvgIpc) is 2.69. The van der Waals surface area contributed by atoms with Crippen molar-refractivity contribution in [1.82, 2.24) is 4.31 Å². The molecule has 0 amide bonds. The first-order valence-corrected chi connectivity index (χ1v) is 8.04. The molecule has 0 aliphatic carbocycles. The van der Waals surface area contributed by atoms with E-state index in [0.717, 1.165) is 16.9 Å². The van der Waals surface area contributed by atoms with Gasteiger partial charge in [-0.3, -0.25) is 0 Å². The van der Waals surface area contributed by atoms with Crippen LogP contribution in [0.25, 0.3) is 0 Å². The maximum Gasteiger partial charge on any atom is 0.252 e. The largest absolute Gasteiger partial charge is 0.409 e. The van der Waals surface area contributed by atoms with Crippen molar-refractivity contribution in [3.63, 3.8) is 0 Å². The highest BCUT2D eigenvalue weighted by atomic mass is 35.5. The summed E-state index contributed by atoms with van der Waals surface area (Å²) >= 11 is 6.91. The Kier molecular flexibility index (Phi) is 5.19. The summed E-state index contributed by atoms with van der Waals surface area (Å²) in [6.45, 7) is 3.43. The molecule has 0 bridgehead atoms. The van der Waals surface area contributed by atoms with Gasteiger partial charge in [0, 0.05) is 19.5 Å². The summed E-state index contributed by atoms with van der Waals surface area (Å²) in [5.74, 6) is -0.0186. The van der Waals surface area contributed by atoms with Crippen LogP contribution >= 0.6 is 22.9 Å². The lowest BCUT2D eigenvalue weighted by Crippen LogP contribution is -2.37. The molecule has 0 aliphatic rings. The van der Waals surface area contributed by atoms with E-state index in [1.165, 1.54) is 17.4 Å². The molecular weight excluding hydrogens is 310 g/mol. The van der Waals surface area contributed by atoms with Crippen LogP contribution in [0.5, 0.6) is 0 Å². The van der Waals surface area contributed by atoms with Crippen LogP contribution in [-0.2, 0) is 10.0 Å². The van der Waals surface area contributed by atoms with E-state index in [1.807, 2.05) is 0 Å². The molecule has 108 valence electrons. The van der Waals surface area contributed by atoms with Gasteiger partial charge in [0.05, 0.1) is 4.34 Å². The Morgan fingerprint density at radius 3 is 2.68 bits per heavy atom. The van der Waals surface area contributed by atoms with Crippen molar-refractivity contribution in [1.29, 1.82) is 0 Å². The Bertz CT molecular complexity index is 563. The SMILES string of the molecule is Cc1cc(S(=O)(=O)N(C)C(C)CC(N)=NO)sc1Cl. The second-order valence-electron chi connectivity index (χ2n) is 4.19. The number of sulfonamides is 1. The summed E-state index contributed by atoms with van der Waals surface area (Å²) in [5.41, 5.74) is 6.11. The Morgan fingerprint density at radius 1 is 1.68 bits per heavy atom. The maximum atomic E-state index is 12.3. The molecule has 0 saturated heterocycles. The van der Waals surface area contributed by atoms with Crippen molar-refractivity contribution < 1.29 is 13.6 Å². The molecule has 1 aromatic rings. The predicted molar refractivity (Wildman–Crippen MR) is 76.5 cm³/mol. The first-order chi connectivity index (χ1) is 8.70. The van der Waals surface area contributed by atoms with Crippen LogP contribution in [-0.4, -0.2) is 36.9 Å². The lowest BCUT2D eigenvalue weighted by Gasteiger charge is -2.22. The van der Waals surface area contributed by atoms with Crippen molar-refractivity contribution >= 4 is 38.8 Å². The number of amidine groups is 1. The monoisotopic (exact) mass is 325 g/mol. The molecule has 0 aromatic carbocycles. The van der Waals surface area contributed by atoms with E-state index < -0.39 is 16.1 Å². The number of halogens is 1. The number of hydrogen-bond acceptors (Lipinski definition) is 5. The summed E-state index contributed by atoms with van der Waals surface area (Å²) in [5, 5.41) is 11.3. The molecule has 0 saturated carbocycles. The fourth-order valence-corrected chi connectivity index (χ4v) is 4.66. The summed E-state index contributed by atoms with van der Waals surface area (Å²) in [4.78, 5) is 0. The number of nitrogens with two attached hydrogens (primary N) is 1. The number of aryl methyl sites for hydroxylation is 1. The molecule has 0 aliphatic heterocycles.